The third-order valence-corrected chi connectivity index (χ3v) is 4.34. The standard InChI is InChI=1S/C21H21BrN2O4/c1-15(25)28-18-8-4-7-17(14-18)21(27)24-13-5-12-23-20(26)11-10-16-6-2-3-9-19(16)22/h2-4,6-11,14H,5,12-13H2,1H3,(H,23,26)(H,24,27)/b11-10+. The highest BCUT2D eigenvalue weighted by molar-refractivity contribution is 9.10. The summed E-state index contributed by atoms with van der Waals surface area (Å²) in [4.78, 5) is 34.9. The number of amides is 2. The number of carbonyl (C=O) groups excluding carboxylic acids is 3. The lowest BCUT2D eigenvalue weighted by Gasteiger charge is -2.07. The lowest BCUT2D eigenvalue weighted by Crippen LogP contribution is -2.29. The molecule has 2 amide bonds. The van der Waals surface area contributed by atoms with E-state index in [2.05, 4.69) is 26.6 Å². The summed E-state index contributed by atoms with van der Waals surface area (Å²) in [5.41, 5.74) is 1.32. The number of hydrogen-bond acceptors (Lipinski definition) is 4. The van der Waals surface area contributed by atoms with Gasteiger partial charge in [0.1, 0.15) is 5.75 Å². The molecule has 2 aromatic carbocycles. The van der Waals surface area contributed by atoms with Crippen molar-refractivity contribution in [3.05, 3.63) is 70.2 Å². The van der Waals surface area contributed by atoms with Crippen molar-refractivity contribution in [3.8, 4) is 5.75 Å². The maximum Gasteiger partial charge on any atom is 0.308 e. The van der Waals surface area contributed by atoms with E-state index in [9.17, 15) is 14.4 Å². The SMILES string of the molecule is CC(=O)Oc1cccc(C(=O)NCCCNC(=O)/C=C/c2ccccc2Br)c1. The molecule has 0 unspecified atom stereocenters. The van der Waals surface area contributed by atoms with Crippen LogP contribution < -0.4 is 15.4 Å². The summed E-state index contributed by atoms with van der Waals surface area (Å²) in [5, 5.41) is 5.53. The summed E-state index contributed by atoms with van der Waals surface area (Å²) in [5.74, 6) is -0.587. The van der Waals surface area contributed by atoms with Gasteiger partial charge in [0.25, 0.3) is 5.91 Å². The Kier molecular flexibility index (Phi) is 8.42. The first-order valence-electron chi connectivity index (χ1n) is 8.73. The fourth-order valence-corrected chi connectivity index (χ4v) is 2.72. The van der Waals surface area contributed by atoms with Gasteiger partial charge < -0.3 is 15.4 Å². The Bertz CT molecular complexity index is 880. The summed E-state index contributed by atoms with van der Waals surface area (Å²) in [7, 11) is 0. The number of benzene rings is 2. The molecule has 2 rings (SSSR count). The smallest absolute Gasteiger partial charge is 0.308 e. The fourth-order valence-electron chi connectivity index (χ4n) is 2.31. The van der Waals surface area contributed by atoms with Crippen molar-refractivity contribution in [2.75, 3.05) is 13.1 Å². The molecular formula is C21H21BrN2O4. The van der Waals surface area contributed by atoms with E-state index in [4.69, 9.17) is 4.74 Å². The maximum absolute atomic E-state index is 12.1. The summed E-state index contributed by atoms with van der Waals surface area (Å²) >= 11 is 3.42. The second kappa shape index (κ2) is 11.0. The molecule has 0 saturated carbocycles. The lowest BCUT2D eigenvalue weighted by atomic mass is 10.2. The van der Waals surface area contributed by atoms with E-state index in [0.717, 1.165) is 10.0 Å². The highest BCUT2D eigenvalue weighted by atomic mass is 79.9. The zero-order valence-electron chi connectivity index (χ0n) is 15.4. The van der Waals surface area contributed by atoms with Crippen molar-refractivity contribution in [1.82, 2.24) is 10.6 Å². The second-order valence-corrected chi connectivity index (χ2v) is 6.73. The van der Waals surface area contributed by atoms with Crippen LogP contribution >= 0.6 is 15.9 Å². The van der Waals surface area contributed by atoms with Gasteiger partial charge in [-0.2, -0.15) is 0 Å². The second-order valence-electron chi connectivity index (χ2n) is 5.88. The Morgan fingerprint density at radius 1 is 1.04 bits per heavy atom. The van der Waals surface area contributed by atoms with Crippen LogP contribution in [0.2, 0.25) is 0 Å². The van der Waals surface area contributed by atoms with Gasteiger partial charge in [-0.15, -0.1) is 0 Å². The molecule has 0 fully saturated rings. The van der Waals surface area contributed by atoms with Crippen LogP contribution in [0.4, 0.5) is 0 Å². The molecule has 0 heterocycles. The molecule has 0 aromatic heterocycles. The van der Waals surface area contributed by atoms with Crippen molar-refractivity contribution < 1.29 is 19.1 Å². The van der Waals surface area contributed by atoms with E-state index >= 15 is 0 Å². The normalized spacial score (nSPS) is 10.5. The first-order valence-corrected chi connectivity index (χ1v) is 9.52. The number of carbonyl (C=O) groups is 3. The molecule has 146 valence electrons. The molecule has 0 aliphatic heterocycles. The van der Waals surface area contributed by atoms with Crippen LogP contribution in [0, 0.1) is 0 Å². The van der Waals surface area contributed by atoms with Gasteiger partial charge in [-0.3, -0.25) is 14.4 Å². The molecule has 0 spiro atoms. The average Bonchev–Trinajstić information content (AvgIpc) is 2.66. The number of ether oxygens (including phenoxy) is 1. The number of rotatable bonds is 8. The first kappa shape index (κ1) is 21.4. The summed E-state index contributed by atoms with van der Waals surface area (Å²) in [6.45, 7) is 2.15. The molecule has 0 bridgehead atoms. The van der Waals surface area contributed by atoms with Gasteiger partial charge in [0.15, 0.2) is 0 Å². The van der Waals surface area contributed by atoms with Crippen LogP contribution in [0.25, 0.3) is 6.08 Å². The van der Waals surface area contributed by atoms with Gasteiger partial charge in [-0.05, 0) is 42.3 Å². The largest absolute Gasteiger partial charge is 0.427 e. The van der Waals surface area contributed by atoms with Gasteiger partial charge in [0.2, 0.25) is 5.91 Å². The molecular weight excluding hydrogens is 424 g/mol. The van der Waals surface area contributed by atoms with Gasteiger partial charge in [-0.1, -0.05) is 40.2 Å². The Morgan fingerprint density at radius 3 is 2.54 bits per heavy atom. The lowest BCUT2D eigenvalue weighted by molar-refractivity contribution is -0.131. The van der Waals surface area contributed by atoms with Crippen LogP contribution in [0.15, 0.2) is 59.1 Å². The minimum Gasteiger partial charge on any atom is -0.427 e. The molecule has 0 saturated heterocycles. The Balaban J connectivity index is 1.70. The molecule has 28 heavy (non-hydrogen) atoms. The third kappa shape index (κ3) is 7.36. The van der Waals surface area contributed by atoms with Crippen molar-refractivity contribution >= 4 is 39.8 Å². The van der Waals surface area contributed by atoms with Crippen molar-refractivity contribution in [2.24, 2.45) is 0 Å². The van der Waals surface area contributed by atoms with E-state index in [0.29, 0.717) is 30.8 Å². The Hall–Kier alpha value is -2.93. The maximum atomic E-state index is 12.1. The van der Waals surface area contributed by atoms with Gasteiger partial charge in [-0.25, -0.2) is 0 Å². The quantitative estimate of drug-likeness (QED) is 0.283. The van der Waals surface area contributed by atoms with E-state index < -0.39 is 5.97 Å². The van der Waals surface area contributed by atoms with Crippen LogP contribution in [0.1, 0.15) is 29.3 Å². The minimum absolute atomic E-state index is 0.198. The summed E-state index contributed by atoms with van der Waals surface area (Å²) < 4.78 is 5.88. The van der Waals surface area contributed by atoms with E-state index in [1.54, 1.807) is 24.3 Å². The number of halogens is 1. The van der Waals surface area contributed by atoms with Crippen LogP contribution in [-0.4, -0.2) is 30.9 Å². The van der Waals surface area contributed by atoms with Crippen LogP contribution in [0.5, 0.6) is 5.75 Å². The predicted octanol–water partition coefficient (Wildman–Crippen LogP) is 3.32. The number of hydrogen-bond donors (Lipinski definition) is 2. The molecule has 6 nitrogen and oxygen atoms in total. The topological polar surface area (TPSA) is 84.5 Å². The van der Waals surface area contributed by atoms with Gasteiger partial charge in [0.05, 0.1) is 0 Å². The van der Waals surface area contributed by atoms with E-state index in [1.807, 2.05) is 24.3 Å². The molecule has 0 aliphatic carbocycles. The minimum atomic E-state index is -0.443. The Morgan fingerprint density at radius 2 is 1.79 bits per heavy atom. The molecule has 0 radical (unpaired) electrons. The zero-order chi connectivity index (χ0) is 20.4. The van der Waals surface area contributed by atoms with Crippen LogP contribution in [0.3, 0.4) is 0 Å². The molecule has 2 aromatic rings. The predicted molar refractivity (Wildman–Crippen MR) is 111 cm³/mol. The van der Waals surface area contributed by atoms with Crippen molar-refractivity contribution in [3.63, 3.8) is 0 Å². The van der Waals surface area contributed by atoms with E-state index in [-0.39, 0.29) is 11.8 Å². The fraction of sp³-hybridized carbons (Fsp3) is 0.190. The molecule has 2 N–H and O–H groups in total. The molecule has 0 aliphatic rings. The third-order valence-electron chi connectivity index (χ3n) is 3.62. The average molecular weight is 445 g/mol. The van der Waals surface area contributed by atoms with Crippen molar-refractivity contribution in [1.29, 1.82) is 0 Å². The number of nitrogens with one attached hydrogen (secondary N) is 2. The molecule has 0 atom stereocenters. The summed E-state index contributed by atoms with van der Waals surface area (Å²) in [6, 6.07) is 14.0. The van der Waals surface area contributed by atoms with Crippen LogP contribution in [-0.2, 0) is 9.59 Å². The molecule has 7 heteroatoms. The highest BCUT2D eigenvalue weighted by Gasteiger charge is 2.07. The van der Waals surface area contributed by atoms with Crippen molar-refractivity contribution in [2.45, 2.75) is 13.3 Å². The summed E-state index contributed by atoms with van der Waals surface area (Å²) in [6.07, 6.45) is 3.79. The first-order chi connectivity index (χ1) is 13.5. The van der Waals surface area contributed by atoms with E-state index in [1.165, 1.54) is 19.1 Å². The number of esters is 1. The monoisotopic (exact) mass is 444 g/mol. The van der Waals surface area contributed by atoms with Gasteiger partial charge >= 0.3 is 5.97 Å². The highest BCUT2D eigenvalue weighted by Crippen LogP contribution is 2.17. The van der Waals surface area contributed by atoms with Gasteiger partial charge in [0, 0.05) is 36.1 Å². The Labute approximate surface area is 172 Å². The zero-order valence-corrected chi connectivity index (χ0v) is 17.0.